The molecule has 1 aromatic rings. The van der Waals surface area contributed by atoms with Crippen LogP contribution in [-0.4, -0.2) is 46.7 Å². The molecule has 7 heteroatoms. The van der Waals surface area contributed by atoms with E-state index in [1.54, 1.807) is 30.8 Å². The van der Waals surface area contributed by atoms with Crippen LogP contribution in [0.5, 0.6) is 0 Å². The molecule has 21 heavy (non-hydrogen) atoms. The van der Waals surface area contributed by atoms with Crippen molar-refractivity contribution in [2.24, 2.45) is 5.41 Å². The molecule has 0 aliphatic heterocycles. The Bertz CT molecular complexity index is 524. The first-order chi connectivity index (χ1) is 9.90. The molecule has 1 saturated carbocycles. The van der Waals surface area contributed by atoms with E-state index >= 15 is 0 Å². The van der Waals surface area contributed by atoms with E-state index in [0.29, 0.717) is 6.42 Å². The first kappa shape index (κ1) is 16.3. The molecule has 1 aromatic heterocycles. The summed E-state index contributed by atoms with van der Waals surface area (Å²) in [6.45, 7) is 0. The number of aromatic nitrogens is 1. The van der Waals surface area contributed by atoms with E-state index in [4.69, 9.17) is 5.11 Å². The van der Waals surface area contributed by atoms with E-state index < -0.39 is 5.97 Å². The molecule has 5 nitrogen and oxygen atoms in total. The quantitative estimate of drug-likeness (QED) is 0.792. The first-order valence-corrected chi connectivity index (χ1v) is 8.87. The summed E-state index contributed by atoms with van der Waals surface area (Å²) in [5.41, 5.74) is 1.01. The molecule has 0 aromatic carbocycles. The monoisotopic (exact) mass is 328 g/mol. The molecule has 0 unspecified atom stereocenters. The van der Waals surface area contributed by atoms with Gasteiger partial charge in [0.2, 0.25) is 5.91 Å². The third-order valence-electron chi connectivity index (χ3n) is 3.54. The summed E-state index contributed by atoms with van der Waals surface area (Å²) in [4.78, 5) is 28.4. The van der Waals surface area contributed by atoms with Gasteiger partial charge in [0.15, 0.2) is 0 Å². The first-order valence-electron chi connectivity index (χ1n) is 6.83. The van der Waals surface area contributed by atoms with Crippen LogP contribution in [-0.2, 0) is 21.8 Å². The molecule has 1 fully saturated rings. The standard InChI is InChI=1S/C14H20N2O3S2/c1-16(2)12(17)5-11-15-10(8-21-11)7-20-9-14(3-4-14)6-13(18)19/h8H,3-7,9H2,1-2H3,(H,18,19). The van der Waals surface area contributed by atoms with Gasteiger partial charge in [-0.2, -0.15) is 11.8 Å². The minimum absolute atomic E-state index is 0.0240. The molecule has 1 aliphatic rings. The van der Waals surface area contributed by atoms with Gasteiger partial charge in [-0.15, -0.1) is 11.3 Å². The molecule has 0 bridgehead atoms. The van der Waals surface area contributed by atoms with Crippen LogP contribution in [0.2, 0.25) is 0 Å². The number of carboxylic acid groups (broad SMARTS) is 1. The largest absolute Gasteiger partial charge is 0.481 e. The van der Waals surface area contributed by atoms with Gasteiger partial charge in [-0.1, -0.05) is 0 Å². The van der Waals surface area contributed by atoms with Gasteiger partial charge >= 0.3 is 5.97 Å². The lowest BCUT2D eigenvalue weighted by Crippen LogP contribution is -2.23. The van der Waals surface area contributed by atoms with Crippen LogP contribution in [0.15, 0.2) is 5.38 Å². The smallest absolute Gasteiger partial charge is 0.303 e. The van der Waals surface area contributed by atoms with Crippen LogP contribution < -0.4 is 0 Å². The van der Waals surface area contributed by atoms with Crippen molar-refractivity contribution in [3.63, 3.8) is 0 Å². The number of nitrogens with zero attached hydrogens (tertiary/aromatic N) is 2. The van der Waals surface area contributed by atoms with E-state index in [0.717, 1.165) is 35.0 Å². The summed E-state index contributed by atoms with van der Waals surface area (Å²) in [5.74, 6) is 1.02. The highest BCUT2D eigenvalue weighted by atomic mass is 32.2. The van der Waals surface area contributed by atoms with Gasteiger partial charge in [-0.05, 0) is 24.0 Å². The number of hydrogen-bond acceptors (Lipinski definition) is 5. The Balaban J connectivity index is 1.76. The van der Waals surface area contributed by atoms with Gasteiger partial charge in [0.25, 0.3) is 0 Å². The van der Waals surface area contributed by atoms with Crippen molar-refractivity contribution in [3.05, 3.63) is 16.1 Å². The molecule has 116 valence electrons. The average Bonchev–Trinajstić information content (AvgIpc) is 2.98. The van der Waals surface area contributed by atoms with Crippen LogP contribution in [0.1, 0.15) is 30.0 Å². The van der Waals surface area contributed by atoms with Crippen molar-refractivity contribution in [1.82, 2.24) is 9.88 Å². The number of carbonyl (C=O) groups is 2. The Hall–Kier alpha value is -1.08. The predicted molar refractivity (Wildman–Crippen MR) is 84.6 cm³/mol. The molecular weight excluding hydrogens is 308 g/mol. The fraction of sp³-hybridized carbons (Fsp3) is 0.643. The highest BCUT2D eigenvalue weighted by Crippen LogP contribution is 2.51. The number of thiazole rings is 1. The minimum Gasteiger partial charge on any atom is -0.481 e. The number of thioether (sulfide) groups is 1. The Kier molecular flexibility index (Phi) is 5.27. The molecule has 1 heterocycles. The van der Waals surface area contributed by atoms with E-state index in [1.165, 1.54) is 11.3 Å². The lowest BCUT2D eigenvalue weighted by atomic mass is 10.1. The fourth-order valence-corrected chi connectivity index (χ4v) is 4.20. The van der Waals surface area contributed by atoms with Crippen LogP contribution in [0.3, 0.4) is 0 Å². The Morgan fingerprint density at radius 3 is 2.76 bits per heavy atom. The van der Waals surface area contributed by atoms with Crippen molar-refractivity contribution in [3.8, 4) is 0 Å². The van der Waals surface area contributed by atoms with Crippen LogP contribution in [0.25, 0.3) is 0 Å². The average molecular weight is 328 g/mol. The van der Waals surface area contributed by atoms with Crippen LogP contribution >= 0.6 is 23.1 Å². The Morgan fingerprint density at radius 1 is 1.48 bits per heavy atom. The molecule has 1 N–H and O–H groups in total. The summed E-state index contributed by atoms with van der Waals surface area (Å²) in [6.07, 6.45) is 2.67. The maximum Gasteiger partial charge on any atom is 0.303 e. The van der Waals surface area contributed by atoms with Gasteiger partial charge in [0.05, 0.1) is 18.5 Å². The van der Waals surface area contributed by atoms with Crippen molar-refractivity contribution < 1.29 is 14.7 Å². The lowest BCUT2D eigenvalue weighted by Gasteiger charge is -2.10. The Morgan fingerprint density at radius 2 is 2.19 bits per heavy atom. The zero-order valence-electron chi connectivity index (χ0n) is 12.3. The molecule has 0 radical (unpaired) electrons. The van der Waals surface area contributed by atoms with Gasteiger partial charge in [-0.3, -0.25) is 9.59 Å². The third-order valence-corrected chi connectivity index (χ3v) is 5.76. The van der Waals surface area contributed by atoms with Crippen molar-refractivity contribution in [1.29, 1.82) is 0 Å². The molecule has 0 spiro atoms. The fourth-order valence-electron chi connectivity index (χ4n) is 2.03. The van der Waals surface area contributed by atoms with E-state index in [1.807, 2.05) is 5.38 Å². The summed E-state index contributed by atoms with van der Waals surface area (Å²) in [6, 6.07) is 0. The maximum atomic E-state index is 11.6. The van der Waals surface area contributed by atoms with E-state index in [2.05, 4.69) is 4.98 Å². The zero-order valence-corrected chi connectivity index (χ0v) is 13.9. The second-order valence-corrected chi connectivity index (χ2v) is 7.69. The minimum atomic E-state index is -0.703. The van der Waals surface area contributed by atoms with Crippen molar-refractivity contribution in [2.75, 3.05) is 19.8 Å². The highest BCUT2D eigenvalue weighted by molar-refractivity contribution is 7.98. The molecule has 0 saturated heterocycles. The summed E-state index contributed by atoms with van der Waals surface area (Å²) in [7, 11) is 3.48. The van der Waals surface area contributed by atoms with Crippen LogP contribution in [0.4, 0.5) is 0 Å². The number of amides is 1. The van der Waals surface area contributed by atoms with Crippen molar-refractivity contribution in [2.45, 2.75) is 31.4 Å². The summed E-state index contributed by atoms with van der Waals surface area (Å²) >= 11 is 3.26. The maximum absolute atomic E-state index is 11.6. The lowest BCUT2D eigenvalue weighted by molar-refractivity contribution is -0.138. The SMILES string of the molecule is CN(C)C(=O)Cc1nc(CSCC2(CC(=O)O)CC2)cs1. The number of hydrogen-bond donors (Lipinski definition) is 1. The number of carboxylic acids is 1. The van der Waals surface area contributed by atoms with E-state index in [-0.39, 0.29) is 17.7 Å². The molecule has 0 atom stereocenters. The highest BCUT2D eigenvalue weighted by Gasteiger charge is 2.44. The predicted octanol–water partition coefficient (Wildman–Crippen LogP) is 2.26. The van der Waals surface area contributed by atoms with Gasteiger partial charge in [-0.25, -0.2) is 4.98 Å². The van der Waals surface area contributed by atoms with Gasteiger partial charge < -0.3 is 10.0 Å². The topological polar surface area (TPSA) is 70.5 Å². The van der Waals surface area contributed by atoms with Gasteiger partial charge in [0.1, 0.15) is 5.01 Å². The number of likely N-dealkylation sites (N-methyl/N-ethyl adjacent to an activating group) is 1. The van der Waals surface area contributed by atoms with Gasteiger partial charge in [0, 0.05) is 25.2 Å². The number of carbonyl (C=O) groups excluding carboxylic acids is 1. The van der Waals surface area contributed by atoms with Crippen molar-refractivity contribution >= 4 is 35.0 Å². The molecule has 1 aliphatic carbocycles. The molecular formula is C14H20N2O3S2. The second kappa shape index (κ2) is 6.79. The Labute approximate surface area is 132 Å². The van der Waals surface area contributed by atoms with Crippen LogP contribution in [0, 0.1) is 5.41 Å². The summed E-state index contributed by atoms with van der Waals surface area (Å²) in [5, 5.41) is 11.7. The number of aliphatic carboxylic acids is 1. The zero-order chi connectivity index (χ0) is 15.5. The molecule has 2 rings (SSSR count). The number of rotatable bonds is 8. The third kappa shape index (κ3) is 5.00. The second-order valence-electron chi connectivity index (χ2n) is 5.76. The normalized spacial score (nSPS) is 15.7. The molecule has 1 amide bonds. The van der Waals surface area contributed by atoms with E-state index in [9.17, 15) is 9.59 Å². The summed E-state index contributed by atoms with van der Waals surface area (Å²) < 4.78 is 0.